The summed E-state index contributed by atoms with van der Waals surface area (Å²) in [5.74, 6) is 1.49. The minimum atomic E-state index is -0.703. The van der Waals surface area contributed by atoms with Gasteiger partial charge in [0.25, 0.3) is 11.5 Å². The molecule has 0 fully saturated rings. The number of aromatic nitrogens is 1. The molecule has 10 heteroatoms. The van der Waals surface area contributed by atoms with Crippen LogP contribution in [0.1, 0.15) is 36.6 Å². The third-order valence-corrected chi connectivity index (χ3v) is 8.84. The maximum atomic E-state index is 14.2. The van der Waals surface area contributed by atoms with Crippen LogP contribution in [-0.2, 0) is 11.4 Å². The third-order valence-electron chi connectivity index (χ3n) is 7.60. The summed E-state index contributed by atoms with van der Waals surface area (Å²) in [6.45, 7) is 4.49. The number of rotatable bonds is 10. The summed E-state index contributed by atoms with van der Waals surface area (Å²) in [6.07, 6.45) is 1.81. The van der Waals surface area contributed by atoms with Gasteiger partial charge < -0.3 is 19.5 Å². The van der Waals surface area contributed by atoms with Crippen LogP contribution in [0.2, 0.25) is 5.02 Å². The van der Waals surface area contributed by atoms with Gasteiger partial charge in [-0.15, -0.1) is 0 Å². The normalized spacial score (nSPS) is 14.3. The number of methoxy groups -OCH3 is 1. The van der Waals surface area contributed by atoms with Crippen LogP contribution in [0.3, 0.4) is 0 Å². The van der Waals surface area contributed by atoms with Crippen molar-refractivity contribution in [1.82, 2.24) is 4.57 Å². The summed E-state index contributed by atoms with van der Waals surface area (Å²) in [6, 6.07) is 28.9. The molecule has 8 nitrogen and oxygen atoms in total. The zero-order chi connectivity index (χ0) is 32.9. The number of hydrogen-bond acceptors (Lipinski definition) is 7. The number of hydrogen-bond donors (Lipinski definition) is 1. The summed E-state index contributed by atoms with van der Waals surface area (Å²) < 4.78 is 19.4. The standard InChI is InChI=1S/C37H32ClN3O5S/c1-4-45-31-20-25(12-19-30(31)46-22-24-10-15-27(38)16-11-24)21-32-36(43)41-34(26-13-17-29(44-3)18-14-26)33(23(2)39-37(41)47-32)35(42)40-28-8-6-5-7-9-28/h5-21,34H,4,22H2,1-3H3,(H,40,42)/b32-21+/t34-/m1/s1. The van der Waals surface area contributed by atoms with E-state index in [0.29, 0.717) is 61.8 Å². The third kappa shape index (κ3) is 7.01. The van der Waals surface area contributed by atoms with Gasteiger partial charge in [-0.2, -0.15) is 0 Å². The van der Waals surface area contributed by atoms with E-state index in [2.05, 4.69) is 5.32 Å². The molecule has 0 radical (unpaired) electrons. The van der Waals surface area contributed by atoms with E-state index in [4.69, 9.17) is 30.8 Å². The number of para-hydroxylation sites is 1. The fraction of sp³-hybridized carbons (Fsp3) is 0.162. The summed E-state index contributed by atoms with van der Waals surface area (Å²) in [5.41, 5.74) is 3.80. The van der Waals surface area contributed by atoms with Crippen molar-refractivity contribution in [2.45, 2.75) is 26.5 Å². The Bertz CT molecular complexity index is 2120. The minimum absolute atomic E-state index is 0.256. The largest absolute Gasteiger partial charge is 0.497 e. The molecular formula is C37H32ClN3O5S. The van der Waals surface area contributed by atoms with Gasteiger partial charge in [0.15, 0.2) is 16.3 Å². The number of halogens is 1. The second-order valence-corrected chi connectivity index (χ2v) is 12.2. The average molecular weight is 666 g/mol. The monoisotopic (exact) mass is 665 g/mol. The molecule has 4 aromatic carbocycles. The number of allylic oxidation sites excluding steroid dienone is 1. The quantitative estimate of drug-likeness (QED) is 0.184. The van der Waals surface area contributed by atoms with Crippen LogP contribution in [0, 0.1) is 0 Å². The lowest BCUT2D eigenvalue weighted by Crippen LogP contribution is -2.40. The van der Waals surface area contributed by atoms with E-state index in [0.717, 1.165) is 16.7 Å². The van der Waals surface area contributed by atoms with Crippen LogP contribution in [0.4, 0.5) is 5.69 Å². The van der Waals surface area contributed by atoms with Gasteiger partial charge in [-0.1, -0.05) is 71.5 Å². The molecule has 1 aliphatic rings. The lowest BCUT2D eigenvalue weighted by molar-refractivity contribution is -0.113. The molecule has 0 bridgehead atoms. The first-order valence-electron chi connectivity index (χ1n) is 15.0. The molecule has 1 atom stereocenters. The molecule has 1 N–H and O–H groups in total. The minimum Gasteiger partial charge on any atom is -0.497 e. The molecule has 2 heterocycles. The Morgan fingerprint density at radius 1 is 0.979 bits per heavy atom. The summed E-state index contributed by atoms with van der Waals surface area (Å²) >= 11 is 7.29. The van der Waals surface area contributed by atoms with Crippen LogP contribution in [0.15, 0.2) is 118 Å². The first kappa shape index (κ1) is 31.8. The van der Waals surface area contributed by atoms with Gasteiger partial charge in [0.1, 0.15) is 12.4 Å². The number of nitrogens with zero attached hydrogens (tertiary/aromatic N) is 2. The Kier molecular flexibility index (Phi) is 9.56. The zero-order valence-corrected chi connectivity index (χ0v) is 27.6. The van der Waals surface area contributed by atoms with Crippen LogP contribution in [0.25, 0.3) is 6.08 Å². The van der Waals surface area contributed by atoms with E-state index in [9.17, 15) is 9.59 Å². The molecule has 0 saturated carbocycles. The van der Waals surface area contributed by atoms with Gasteiger partial charge in [0, 0.05) is 10.7 Å². The van der Waals surface area contributed by atoms with Crippen LogP contribution < -0.4 is 34.4 Å². The van der Waals surface area contributed by atoms with Crippen LogP contribution in [-0.4, -0.2) is 24.2 Å². The van der Waals surface area contributed by atoms with E-state index in [1.54, 1.807) is 18.6 Å². The van der Waals surface area contributed by atoms with E-state index in [-0.39, 0.29) is 11.5 Å². The summed E-state index contributed by atoms with van der Waals surface area (Å²) in [7, 11) is 1.59. The first-order valence-corrected chi connectivity index (χ1v) is 16.2. The topological polar surface area (TPSA) is 91.2 Å². The SMILES string of the molecule is CCOc1cc(/C=c2/sc3n(c2=O)[C@H](c2ccc(OC)cc2)C(C(=O)Nc2ccccc2)=C(C)N=3)ccc1OCc1ccc(Cl)cc1. The Labute approximate surface area is 280 Å². The molecule has 1 aliphatic heterocycles. The fourth-order valence-corrected chi connectivity index (χ4v) is 6.50. The second-order valence-electron chi connectivity index (χ2n) is 10.7. The van der Waals surface area contributed by atoms with Crippen molar-refractivity contribution < 1.29 is 19.0 Å². The van der Waals surface area contributed by atoms with Gasteiger partial charge in [0.05, 0.1) is 35.6 Å². The van der Waals surface area contributed by atoms with Crippen LogP contribution >= 0.6 is 22.9 Å². The molecule has 1 amide bonds. The predicted molar refractivity (Wildman–Crippen MR) is 185 cm³/mol. The highest BCUT2D eigenvalue weighted by Gasteiger charge is 2.32. The van der Waals surface area contributed by atoms with Crippen molar-refractivity contribution in [3.8, 4) is 17.2 Å². The molecule has 0 aliphatic carbocycles. The van der Waals surface area contributed by atoms with Gasteiger partial charge in [-0.05, 0) is 85.1 Å². The molecular weight excluding hydrogens is 634 g/mol. The molecule has 47 heavy (non-hydrogen) atoms. The summed E-state index contributed by atoms with van der Waals surface area (Å²) in [4.78, 5) is 33.2. The summed E-state index contributed by atoms with van der Waals surface area (Å²) in [5, 5.41) is 3.64. The number of anilines is 1. The Morgan fingerprint density at radius 2 is 1.72 bits per heavy atom. The van der Waals surface area contributed by atoms with Gasteiger partial charge in [-0.3, -0.25) is 14.2 Å². The second kappa shape index (κ2) is 14.1. The Balaban J connectivity index is 1.38. The number of ether oxygens (including phenoxy) is 3. The number of nitrogens with one attached hydrogen (secondary N) is 1. The van der Waals surface area contributed by atoms with Crippen LogP contribution in [0.5, 0.6) is 17.2 Å². The van der Waals surface area contributed by atoms with Crippen molar-refractivity contribution in [3.05, 3.63) is 150 Å². The number of fused-ring (bicyclic) bond motifs is 1. The lowest BCUT2D eigenvalue weighted by Gasteiger charge is -2.25. The van der Waals surface area contributed by atoms with Gasteiger partial charge >= 0.3 is 0 Å². The highest BCUT2D eigenvalue weighted by molar-refractivity contribution is 7.07. The maximum absolute atomic E-state index is 14.2. The molecule has 0 saturated heterocycles. The highest BCUT2D eigenvalue weighted by Crippen LogP contribution is 2.32. The molecule has 6 rings (SSSR count). The van der Waals surface area contributed by atoms with Crippen molar-refractivity contribution in [3.63, 3.8) is 0 Å². The number of carbonyl (C=O) groups excluding carboxylic acids is 1. The Morgan fingerprint density at radius 3 is 2.43 bits per heavy atom. The molecule has 0 unspecified atom stereocenters. The number of amides is 1. The van der Waals surface area contributed by atoms with E-state index >= 15 is 0 Å². The molecule has 238 valence electrons. The number of benzene rings is 4. The molecule has 5 aromatic rings. The number of thiazole rings is 1. The van der Waals surface area contributed by atoms with Crippen molar-refractivity contribution >= 4 is 40.6 Å². The highest BCUT2D eigenvalue weighted by atomic mass is 35.5. The van der Waals surface area contributed by atoms with Crippen molar-refractivity contribution in [1.29, 1.82) is 0 Å². The average Bonchev–Trinajstić information content (AvgIpc) is 3.38. The lowest BCUT2D eigenvalue weighted by atomic mass is 9.95. The van der Waals surface area contributed by atoms with Crippen molar-refractivity contribution in [2.75, 3.05) is 19.0 Å². The zero-order valence-electron chi connectivity index (χ0n) is 26.0. The first-order chi connectivity index (χ1) is 22.8. The van der Waals surface area contributed by atoms with Crippen molar-refractivity contribution in [2.24, 2.45) is 4.99 Å². The fourth-order valence-electron chi connectivity index (χ4n) is 5.33. The molecule has 0 spiro atoms. The van der Waals surface area contributed by atoms with Gasteiger partial charge in [0.2, 0.25) is 0 Å². The van der Waals surface area contributed by atoms with Gasteiger partial charge in [-0.25, -0.2) is 4.99 Å². The van der Waals surface area contributed by atoms with E-state index in [1.807, 2.05) is 110 Å². The predicted octanol–water partition coefficient (Wildman–Crippen LogP) is 6.51. The van der Waals surface area contributed by atoms with E-state index in [1.165, 1.54) is 11.3 Å². The molecule has 1 aromatic heterocycles. The van der Waals surface area contributed by atoms with E-state index < -0.39 is 6.04 Å². The number of carbonyl (C=O) groups is 1. The maximum Gasteiger partial charge on any atom is 0.271 e. The Hall–Kier alpha value is -5.12. The smallest absolute Gasteiger partial charge is 0.271 e.